The number of likely N-dealkylation sites (tertiary alicyclic amines) is 1. The number of benzene rings is 4. The number of phenols is 1. The molecule has 3 atom stereocenters. The number of ether oxygens (including phenoxy) is 4. The molecule has 1 amide bonds. The van der Waals surface area contributed by atoms with Gasteiger partial charge in [-0.1, -0.05) is 48.5 Å². The van der Waals surface area contributed by atoms with E-state index in [4.69, 9.17) is 18.9 Å². The molecule has 1 fully saturated rings. The van der Waals surface area contributed by atoms with Crippen LogP contribution >= 0.6 is 0 Å². The zero-order chi connectivity index (χ0) is 41.2. The number of aliphatic hydroxyl groups is 2. The fourth-order valence-corrected chi connectivity index (χ4v) is 7.18. The van der Waals surface area contributed by atoms with Crippen LogP contribution in [0.4, 0.5) is 0 Å². The molecule has 1 saturated heterocycles. The Labute approximate surface area is 336 Å². The van der Waals surface area contributed by atoms with Crippen molar-refractivity contribution in [1.29, 1.82) is 0 Å². The van der Waals surface area contributed by atoms with Gasteiger partial charge in [0, 0.05) is 48.8 Å². The number of H-pyrrole nitrogens is 1. The van der Waals surface area contributed by atoms with Gasteiger partial charge in [0.15, 0.2) is 0 Å². The quantitative estimate of drug-likeness (QED) is 0.0584. The Bertz CT molecular complexity index is 2270. The van der Waals surface area contributed by atoms with Gasteiger partial charge in [-0.2, -0.15) is 0 Å². The lowest BCUT2D eigenvalue weighted by Crippen LogP contribution is -2.44. The highest BCUT2D eigenvalue weighted by molar-refractivity contribution is 5.97. The first-order chi connectivity index (χ1) is 28.0. The Morgan fingerprint density at radius 3 is 2.50 bits per heavy atom. The van der Waals surface area contributed by atoms with Crippen LogP contribution < -0.4 is 30.4 Å². The fourth-order valence-electron chi connectivity index (χ4n) is 7.18. The molecular weight excluding hydrogens is 745 g/mol. The molecule has 6 N–H and O–H groups in total. The average Bonchev–Trinajstić information content (AvgIpc) is 3.23. The number of aromatic hydroxyl groups is 1. The number of nitrogens with one attached hydrogen (secondary N) is 3. The number of likely N-dealkylation sites (N-methyl/N-ethyl adjacent to an activating group) is 1. The van der Waals surface area contributed by atoms with Crippen molar-refractivity contribution in [2.75, 3.05) is 54.1 Å². The molecule has 0 bridgehead atoms. The lowest BCUT2D eigenvalue weighted by molar-refractivity contribution is -0.170. The third-order valence-corrected chi connectivity index (χ3v) is 10.2. The molecule has 306 valence electrons. The normalized spacial score (nSPS) is 15.9. The number of nitrogens with zero attached hydrogens (tertiary/aromatic N) is 1. The second-order valence-electron chi connectivity index (χ2n) is 14.3. The summed E-state index contributed by atoms with van der Waals surface area (Å²) >= 11 is 0. The monoisotopic (exact) mass is 794 g/mol. The summed E-state index contributed by atoms with van der Waals surface area (Å²) in [5.74, 6) is 0.00431. The largest absolute Gasteiger partial charge is 0.506 e. The number of pyridine rings is 1. The number of aromatic amines is 1. The highest BCUT2D eigenvalue weighted by Gasteiger charge is 2.43. The lowest BCUT2D eigenvalue weighted by atomic mass is 9.86. The summed E-state index contributed by atoms with van der Waals surface area (Å²) in [6.07, 6.45) is 0.787. The maximum absolute atomic E-state index is 13.7. The van der Waals surface area contributed by atoms with Gasteiger partial charge in [-0.3, -0.25) is 9.59 Å². The van der Waals surface area contributed by atoms with E-state index in [1.54, 1.807) is 72.8 Å². The van der Waals surface area contributed by atoms with Crippen molar-refractivity contribution < 1.29 is 43.9 Å². The Hall–Kier alpha value is -5.93. The Kier molecular flexibility index (Phi) is 13.7. The average molecular weight is 795 g/mol. The van der Waals surface area contributed by atoms with Crippen molar-refractivity contribution in [2.45, 2.75) is 43.6 Å². The molecule has 0 saturated carbocycles. The van der Waals surface area contributed by atoms with Crippen LogP contribution in [0.25, 0.3) is 10.9 Å². The molecule has 2 heterocycles. The van der Waals surface area contributed by atoms with Crippen molar-refractivity contribution >= 4 is 22.8 Å². The van der Waals surface area contributed by atoms with Crippen molar-refractivity contribution in [3.05, 3.63) is 129 Å². The van der Waals surface area contributed by atoms with Gasteiger partial charge >= 0.3 is 5.97 Å². The Morgan fingerprint density at radius 1 is 0.966 bits per heavy atom. The van der Waals surface area contributed by atoms with Gasteiger partial charge < -0.3 is 54.8 Å². The Morgan fingerprint density at radius 2 is 1.74 bits per heavy atom. The standard InChI is InChI=1S/C44H50N4O10/c1-48-20-8-14-32(27-48)58-43(53)44(54,29-10-5-4-6-11-29)30-12-7-13-31(23-30)57-21-9-19-46-42(52)35-24-38(55-2)28(22-39(35)56-3)25-45-26-37(50)33-15-17-36(49)41-34(33)16-18-40(51)47-41/h4-7,10-13,15-18,22-24,32,37,45,49-50,54H,8-9,14,19-21,25-27H2,1-3H3,(H,46,52)(H,47,51)/t32-,37+,44+/m1/s1. The number of rotatable bonds is 17. The summed E-state index contributed by atoms with van der Waals surface area (Å²) < 4.78 is 23.1. The molecular formula is C44H50N4O10. The molecule has 58 heavy (non-hydrogen) atoms. The van der Waals surface area contributed by atoms with Crippen LogP contribution in [-0.4, -0.2) is 97.2 Å². The van der Waals surface area contributed by atoms with Crippen molar-refractivity contribution in [2.24, 2.45) is 0 Å². The molecule has 6 rings (SSSR count). The zero-order valence-corrected chi connectivity index (χ0v) is 32.8. The Balaban J connectivity index is 1.04. The number of fused-ring (bicyclic) bond motifs is 1. The highest BCUT2D eigenvalue weighted by Crippen LogP contribution is 2.35. The predicted octanol–water partition coefficient (Wildman–Crippen LogP) is 4.15. The number of hydrogen-bond donors (Lipinski definition) is 6. The highest BCUT2D eigenvalue weighted by atomic mass is 16.6. The first-order valence-electron chi connectivity index (χ1n) is 19.2. The number of esters is 1. The number of hydrogen-bond acceptors (Lipinski definition) is 12. The maximum atomic E-state index is 13.7. The van der Waals surface area contributed by atoms with E-state index < -0.39 is 17.7 Å². The SMILES string of the molecule is COc1cc(C(=O)NCCCOc2cccc([C@](O)(C(=O)O[C@@H]3CCCN(C)C3)c3ccccc3)c2)c(OC)cc1CNC[C@H](O)c1ccc(O)c2[nH]c(=O)ccc12. The van der Waals surface area contributed by atoms with Crippen LogP contribution in [0.15, 0.2) is 95.8 Å². The number of carbonyl (C=O) groups is 2. The molecule has 0 aliphatic carbocycles. The van der Waals surface area contributed by atoms with Gasteiger partial charge in [0.2, 0.25) is 11.2 Å². The second-order valence-corrected chi connectivity index (χ2v) is 14.3. The zero-order valence-electron chi connectivity index (χ0n) is 32.8. The number of piperidine rings is 1. The van der Waals surface area contributed by atoms with Gasteiger partial charge in [0.25, 0.3) is 5.91 Å². The molecule has 0 radical (unpaired) electrons. The second kappa shape index (κ2) is 19.0. The molecule has 4 aromatic carbocycles. The van der Waals surface area contributed by atoms with E-state index in [1.165, 1.54) is 26.4 Å². The third-order valence-electron chi connectivity index (χ3n) is 10.2. The summed E-state index contributed by atoms with van der Waals surface area (Å²) in [5, 5.41) is 39.8. The van der Waals surface area contributed by atoms with E-state index in [9.17, 15) is 29.7 Å². The molecule has 14 nitrogen and oxygen atoms in total. The molecule has 1 aliphatic heterocycles. The minimum absolute atomic E-state index is 0.0924. The molecule has 1 aliphatic rings. The smallest absolute Gasteiger partial charge is 0.348 e. The van der Waals surface area contributed by atoms with Crippen LogP contribution in [0.2, 0.25) is 0 Å². The van der Waals surface area contributed by atoms with Crippen molar-refractivity contribution in [3.8, 4) is 23.0 Å². The van der Waals surface area contributed by atoms with E-state index in [2.05, 4.69) is 20.5 Å². The van der Waals surface area contributed by atoms with Crippen LogP contribution in [0.1, 0.15) is 58.0 Å². The summed E-state index contributed by atoms with van der Waals surface area (Å²) in [6.45, 7) is 2.45. The molecule has 0 unspecified atom stereocenters. The van der Waals surface area contributed by atoms with Crippen LogP contribution in [0.3, 0.4) is 0 Å². The number of aromatic nitrogens is 1. The summed E-state index contributed by atoms with van der Waals surface area (Å²) in [5.41, 5.74) is 0.0287. The van der Waals surface area contributed by atoms with Gasteiger partial charge in [0.05, 0.1) is 38.0 Å². The molecule has 1 aromatic heterocycles. The number of amides is 1. The predicted molar refractivity (Wildman–Crippen MR) is 217 cm³/mol. The van der Waals surface area contributed by atoms with Crippen molar-refractivity contribution in [1.82, 2.24) is 20.5 Å². The van der Waals surface area contributed by atoms with Gasteiger partial charge in [-0.15, -0.1) is 0 Å². The minimum atomic E-state index is -2.05. The number of phenolic OH excluding ortho intramolecular Hbond substituents is 1. The first kappa shape index (κ1) is 41.7. The van der Waals surface area contributed by atoms with E-state index in [0.717, 1.165) is 19.4 Å². The molecule has 14 heteroatoms. The first-order valence-corrected chi connectivity index (χ1v) is 19.2. The summed E-state index contributed by atoms with van der Waals surface area (Å²) in [7, 11) is 4.94. The number of carbonyl (C=O) groups excluding carboxylic acids is 2. The maximum Gasteiger partial charge on any atom is 0.348 e. The summed E-state index contributed by atoms with van der Waals surface area (Å²) in [6, 6.07) is 24.7. The van der Waals surface area contributed by atoms with Gasteiger partial charge in [-0.25, -0.2) is 4.79 Å². The van der Waals surface area contributed by atoms with Crippen LogP contribution in [-0.2, 0) is 21.7 Å². The van der Waals surface area contributed by atoms with Crippen LogP contribution in [0.5, 0.6) is 23.0 Å². The molecule has 0 spiro atoms. The van der Waals surface area contributed by atoms with E-state index in [0.29, 0.717) is 57.9 Å². The summed E-state index contributed by atoms with van der Waals surface area (Å²) in [4.78, 5) is 43.5. The number of methoxy groups -OCH3 is 2. The fraction of sp³-hybridized carbons (Fsp3) is 0.341. The molecule has 5 aromatic rings. The topological polar surface area (TPSA) is 192 Å². The van der Waals surface area contributed by atoms with Gasteiger partial charge in [-0.05, 0) is 80.4 Å². The van der Waals surface area contributed by atoms with Crippen LogP contribution in [0, 0.1) is 0 Å². The van der Waals surface area contributed by atoms with Crippen molar-refractivity contribution in [3.63, 3.8) is 0 Å². The van der Waals surface area contributed by atoms with E-state index in [-0.39, 0.29) is 60.6 Å². The third kappa shape index (κ3) is 9.60. The number of aliphatic hydroxyl groups excluding tert-OH is 1. The van der Waals surface area contributed by atoms with Gasteiger partial charge in [0.1, 0.15) is 29.1 Å². The van der Waals surface area contributed by atoms with E-state index in [1.807, 2.05) is 13.1 Å². The lowest BCUT2D eigenvalue weighted by Gasteiger charge is -2.33. The minimum Gasteiger partial charge on any atom is -0.506 e. The van der Waals surface area contributed by atoms with E-state index >= 15 is 0 Å².